The highest BCUT2D eigenvalue weighted by Crippen LogP contribution is 2.36. The molecule has 0 spiro atoms. The molecule has 0 aliphatic carbocycles. The molecule has 190 valence electrons. The van der Waals surface area contributed by atoms with E-state index in [9.17, 15) is 26.4 Å². The van der Waals surface area contributed by atoms with Crippen LogP contribution >= 0.6 is 0 Å². The Morgan fingerprint density at radius 2 is 1.94 bits per heavy atom. The largest absolute Gasteiger partial charge is 0.421 e. The van der Waals surface area contributed by atoms with Gasteiger partial charge in [-0.15, -0.1) is 0 Å². The number of halogens is 3. The lowest BCUT2D eigenvalue weighted by atomic mass is 10.1. The first kappa shape index (κ1) is 25.2. The molecule has 1 amide bonds. The van der Waals surface area contributed by atoms with E-state index < -0.39 is 27.6 Å². The number of anilines is 5. The van der Waals surface area contributed by atoms with Gasteiger partial charge in [0.1, 0.15) is 11.4 Å². The fourth-order valence-electron chi connectivity index (χ4n) is 3.65. The minimum absolute atomic E-state index is 0.126. The molecule has 0 fully saturated rings. The van der Waals surface area contributed by atoms with Crippen LogP contribution in [0.4, 0.5) is 42.0 Å². The zero-order valence-electron chi connectivity index (χ0n) is 19.4. The lowest BCUT2D eigenvalue weighted by Crippen LogP contribution is -2.26. The first-order valence-corrected chi connectivity index (χ1v) is 12.4. The molecule has 0 atom stereocenters. The van der Waals surface area contributed by atoms with Crippen LogP contribution in [0.3, 0.4) is 0 Å². The minimum atomic E-state index is -4.75. The van der Waals surface area contributed by atoms with E-state index in [4.69, 9.17) is 0 Å². The number of pyridine rings is 1. The molecule has 1 aliphatic rings. The van der Waals surface area contributed by atoms with Gasteiger partial charge in [-0.1, -0.05) is 12.1 Å². The molecule has 14 heteroatoms. The Balaban J connectivity index is 1.66. The Kier molecular flexibility index (Phi) is 6.47. The van der Waals surface area contributed by atoms with Gasteiger partial charge in [-0.25, -0.2) is 13.4 Å². The molecule has 1 aromatic carbocycles. The first-order valence-electron chi connectivity index (χ1n) is 10.6. The SMILES string of the molecule is Cc1cc(CNc2nc(Nc3cccc4c3NC(=O)C4)ncc2C(F)(F)F)c(N(C)S(C)(=O)=O)cn1. The van der Waals surface area contributed by atoms with Gasteiger partial charge in [0.25, 0.3) is 0 Å². The predicted molar refractivity (Wildman–Crippen MR) is 129 cm³/mol. The van der Waals surface area contributed by atoms with E-state index in [1.54, 1.807) is 31.2 Å². The first-order chi connectivity index (χ1) is 16.8. The predicted octanol–water partition coefficient (Wildman–Crippen LogP) is 3.44. The highest BCUT2D eigenvalue weighted by molar-refractivity contribution is 7.92. The highest BCUT2D eigenvalue weighted by atomic mass is 32.2. The summed E-state index contributed by atoms with van der Waals surface area (Å²) in [6, 6.07) is 6.69. The van der Waals surface area contributed by atoms with Crippen LogP contribution in [0.1, 0.15) is 22.4 Å². The number of aromatic nitrogens is 3. The second-order valence-electron chi connectivity index (χ2n) is 8.18. The van der Waals surface area contributed by atoms with Crippen molar-refractivity contribution in [2.75, 3.05) is 33.6 Å². The molecule has 36 heavy (non-hydrogen) atoms. The summed E-state index contributed by atoms with van der Waals surface area (Å²) in [7, 11) is -2.31. The number of benzene rings is 1. The van der Waals surface area contributed by atoms with Gasteiger partial charge >= 0.3 is 6.18 Å². The van der Waals surface area contributed by atoms with E-state index in [1.807, 2.05) is 0 Å². The third-order valence-electron chi connectivity index (χ3n) is 5.49. The summed E-state index contributed by atoms with van der Waals surface area (Å²) in [6.07, 6.45) is -1.54. The van der Waals surface area contributed by atoms with Crippen LogP contribution in [-0.2, 0) is 34.0 Å². The van der Waals surface area contributed by atoms with Crippen LogP contribution in [-0.4, -0.2) is 42.6 Å². The molecule has 0 saturated heterocycles. The van der Waals surface area contributed by atoms with E-state index in [0.717, 1.165) is 16.1 Å². The average Bonchev–Trinajstić information content (AvgIpc) is 3.17. The summed E-state index contributed by atoms with van der Waals surface area (Å²) in [5.41, 5.74) is 1.77. The van der Waals surface area contributed by atoms with Crippen molar-refractivity contribution in [2.24, 2.45) is 0 Å². The smallest absolute Gasteiger partial charge is 0.365 e. The molecule has 3 aromatic rings. The fourth-order valence-corrected chi connectivity index (χ4v) is 4.17. The Hall–Kier alpha value is -3.94. The topological polar surface area (TPSA) is 129 Å². The fraction of sp³-hybridized carbons (Fsp3) is 0.273. The molecule has 2 aromatic heterocycles. The van der Waals surface area contributed by atoms with Gasteiger partial charge in [-0.05, 0) is 30.2 Å². The van der Waals surface area contributed by atoms with Crippen molar-refractivity contribution >= 4 is 44.8 Å². The van der Waals surface area contributed by atoms with E-state index >= 15 is 0 Å². The van der Waals surface area contributed by atoms with Gasteiger partial charge in [0, 0.05) is 25.5 Å². The third kappa shape index (κ3) is 5.32. The van der Waals surface area contributed by atoms with Gasteiger partial charge in [0.05, 0.1) is 35.9 Å². The summed E-state index contributed by atoms with van der Waals surface area (Å²) >= 11 is 0. The van der Waals surface area contributed by atoms with E-state index in [0.29, 0.717) is 28.8 Å². The second-order valence-corrected chi connectivity index (χ2v) is 10.2. The number of sulfonamides is 1. The maximum atomic E-state index is 13.7. The summed E-state index contributed by atoms with van der Waals surface area (Å²) in [5, 5.41) is 8.23. The number of amides is 1. The third-order valence-corrected chi connectivity index (χ3v) is 6.68. The summed E-state index contributed by atoms with van der Waals surface area (Å²) in [4.78, 5) is 23.7. The monoisotopic (exact) mass is 521 g/mol. The number of aryl methyl sites for hydroxylation is 1. The summed E-state index contributed by atoms with van der Waals surface area (Å²) in [6.45, 7) is 1.51. The van der Waals surface area contributed by atoms with E-state index in [2.05, 4.69) is 30.9 Å². The van der Waals surface area contributed by atoms with Gasteiger partial charge in [0.2, 0.25) is 21.9 Å². The summed E-state index contributed by atoms with van der Waals surface area (Å²) < 4.78 is 66.1. The number of para-hydroxylation sites is 1. The number of carbonyl (C=O) groups is 1. The van der Waals surface area contributed by atoms with Crippen molar-refractivity contribution in [1.82, 2.24) is 15.0 Å². The molecule has 0 bridgehead atoms. The van der Waals surface area contributed by atoms with Crippen molar-refractivity contribution in [3.8, 4) is 0 Å². The van der Waals surface area contributed by atoms with Crippen LogP contribution in [0.5, 0.6) is 0 Å². The quantitative estimate of drug-likeness (QED) is 0.431. The standard InChI is InChI=1S/C22H22F3N7O3S/c1-12-7-14(17(11-26-12)32(2)36(3,34)35)9-27-20-15(22(23,24)25)10-28-21(31-20)29-16-6-4-5-13-8-18(33)30-19(13)16/h4-7,10-11H,8-9H2,1-3H3,(H,30,33)(H2,27,28,29,31). The molecular weight excluding hydrogens is 499 g/mol. The molecule has 0 unspecified atom stereocenters. The molecule has 10 nitrogen and oxygen atoms in total. The molecule has 4 rings (SSSR count). The van der Waals surface area contributed by atoms with Crippen molar-refractivity contribution in [2.45, 2.75) is 26.1 Å². The van der Waals surface area contributed by atoms with Gasteiger partial charge < -0.3 is 16.0 Å². The Labute approximate surface area is 205 Å². The molecule has 0 radical (unpaired) electrons. The van der Waals surface area contributed by atoms with Gasteiger partial charge in [-0.3, -0.25) is 14.1 Å². The number of nitrogens with zero attached hydrogens (tertiary/aromatic N) is 4. The number of carbonyl (C=O) groups excluding carboxylic acids is 1. The lowest BCUT2D eigenvalue weighted by molar-refractivity contribution is -0.137. The average molecular weight is 522 g/mol. The Morgan fingerprint density at radius 1 is 1.19 bits per heavy atom. The molecular formula is C22H22F3N7O3S. The normalized spacial score (nSPS) is 13.2. The number of nitrogens with one attached hydrogen (secondary N) is 3. The molecule has 3 heterocycles. The second kappa shape index (κ2) is 9.26. The zero-order valence-corrected chi connectivity index (χ0v) is 20.3. The van der Waals surface area contributed by atoms with Gasteiger partial charge in [0.15, 0.2) is 0 Å². The maximum Gasteiger partial charge on any atom is 0.421 e. The Bertz CT molecular complexity index is 1450. The minimum Gasteiger partial charge on any atom is -0.365 e. The summed E-state index contributed by atoms with van der Waals surface area (Å²) in [5.74, 6) is -0.823. The van der Waals surface area contributed by atoms with Crippen LogP contribution in [0.2, 0.25) is 0 Å². The van der Waals surface area contributed by atoms with Gasteiger partial charge in [-0.2, -0.15) is 18.2 Å². The van der Waals surface area contributed by atoms with E-state index in [-0.39, 0.29) is 30.5 Å². The van der Waals surface area contributed by atoms with E-state index in [1.165, 1.54) is 13.2 Å². The van der Waals surface area contributed by atoms with Crippen LogP contribution in [0.25, 0.3) is 0 Å². The highest BCUT2D eigenvalue weighted by Gasteiger charge is 2.35. The molecule has 3 N–H and O–H groups in total. The number of fused-ring (bicyclic) bond motifs is 1. The van der Waals surface area contributed by atoms with Crippen molar-refractivity contribution < 1.29 is 26.4 Å². The molecule has 0 saturated carbocycles. The number of rotatable bonds is 7. The van der Waals surface area contributed by atoms with Crippen molar-refractivity contribution in [3.63, 3.8) is 0 Å². The zero-order chi connectivity index (χ0) is 26.3. The van der Waals surface area contributed by atoms with Crippen LogP contribution in [0.15, 0.2) is 36.7 Å². The lowest BCUT2D eigenvalue weighted by Gasteiger charge is -2.21. The maximum absolute atomic E-state index is 13.7. The number of alkyl halides is 3. The number of hydrogen-bond acceptors (Lipinski definition) is 8. The van der Waals surface area contributed by atoms with Crippen molar-refractivity contribution in [3.05, 3.63) is 59.0 Å². The van der Waals surface area contributed by atoms with Crippen LogP contribution in [0, 0.1) is 6.92 Å². The number of hydrogen-bond donors (Lipinski definition) is 3. The Morgan fingerprint density at radius 3 is 2.64 bits per heavy atom. The molecule has 1 aliphatic heterocycles. The van der Waals surface area contributed by atoms with Crippen molar-refractivity contribution in [1.29, 1.82) is 0 Å². The van der Waals surface area contributed by atoms with Crippen LogP contribution < -0.4 is 20.3 Å².